The minimum Gasteiger partial charge on any atom is -0.325 e. The van der Waals surface area contributed by atoms with Crippen LogP contribution in [0.5, 0.6) is 0 Å². The van der Waals surface area contributed by atoms with Gasteiger partial charge in [-0.15, -0.1) is 0 Å². The number of carbonyl (C=O) groups is 1. The zero-order valence-electron chi connectivity index (χ0n) is 13.3. The second-order valence-corrected chi connectivity index (χ2v) is 5.45. The molecule has 0 unspecified atom stereocenters. The molecule has 1 aromatic rings. The molecule has 0 aromatic carbocycles. The Morgan fingerprint density at radius 1 is 1.29 bits per heavy atom. The van der Waals surface area contributed by atoms with E-state index in [0.717, 1.165) is 50.4 Å². The highest BCUT2D eigenvalue weighted by Crippen LogP contribution is 2.19. The lowest BCUT2D eigenvalue weighted by Gasteiger charge is -2.33. The van der Waals surface area contributed by atoms with Crippen LogP contribution < -0.4 is 0 Å². The van der Waals surface area contributed by atoms with E-state index in [0.29, 0.717) is 0 Å². The number of rotatable bonds is 3. The smallest absolute Gasteiger partial charge is 0.319 e. The molecule has 1 saturated heterocycles. The molecule has 4 heteroatoms. The average Bonchev–Trinajstić information content (AvgIpc) is 2.49. The predicted octanol–water partition coefficient (Wildman–Crippen LogP) is 3.33. The maximum atomic E-state index is 12.3. The molecule has 1 aromatic heterocycles. The summed E-state index contributed by atoms with van der Waals surface area (Å²) in [5.41, 5.74) is 3.45. The number of piperidine rings is 1. The van der Waals surface area contributed by atoms with Crippen LogP contribution in [0, 0.1) is 6.92 Å². The van der Waals surface area contributed by atoms with Crippen LogP contribution in [0.4, 0.5) is 4.79 Å². The maximum absolute atomic E-state index is 12.3. The van der Waals surface area contributed by atoms with Crippen LogP contribution in [-0.4, -0.2) is 47.0 Å². The van der Waals surface area contributed by atoms with Crippen molar-refractivity contribution in [3.05, 3.63) is 35.2 Å². The van der Waals surface area contributed by atoms with Gasteiger partial charge in [0.05, 0.1) is 5.69 Å². The fraction of sp³-hybridized carbons (Fsp3) is 0.529. The Balaban J connectivity index is 1.95. The molecule has 0 atom stereocenters. The van der Waals surface area contributed by atoms with Gasteiger partial charge in [-0.2, -0.15) is 0 Å². The van der Waals surface area contributed by atoms with E-state index in [2.05, 4.69) is 11.1 Å². The highest BCUT2D eigenvalue weighted by atomic mass is 16.2. The van der Waals surface area contributed by atoms with Gasteiger partial charge >= 0.3 is 6.03 Å². The monoisotopic (exact) mass is 287 g/mol. The van der Waals surface area contributed by atoms with Crippen LogP contribution in [-0.2, 0) is 0 Å². The Bertz CT molecular complexity index is 511. The number of pyridine rings is 1. The van der Waals surface area contributed by atoms with Gasteiger partial charge in [-0.3, -0.25) is 4.98 Å². The number of aryl methyl sites for hydroxylation is 1. The summed E-state index contributed by atoms with van der Waals surface area (Å²) < 4.78 is 0. The van der Waals surface area contributed by atoms with E-state index >= 15 is 0 Å². The standard InChI is InChI=1S/C17H25N3O/c1-4-19(5-2)17(21)20-11-9-15(10-12-20)13-16-8-6-7-14(3)18-16/h6-8,13H,4-5,9-12H2,1-3H3. The van der Waals surface area contributed by atoms with Crippen molar-refractivity contribution in [2.75, 3.05) is 26.2 Å². The Morgan fingerprint density at radius 2 is 1.95 bits per heavy atom. The maximum Gasteiger partial charge on any atom is 0.319 e. The second kappa shape index (κ2) is 7.25. The number of amides is 2. The van der Waals surface area contributed by atoms with Gasteiger partial charge in [0.1, 0.15) is 0 Å². The van der Waals surface area contributed by atoms with Gasteiger partial charge in [-0.1, -0.05) is 11.6 Å². The van der Waals surface area contributed by atoms with E-state index in [1.54, 1.807) is 0 Å². The van der Waals surface area contributed by atoms with Gasteiger partial charge in [0.2, 0.25) is 0 Å². The average molecular weight is 287 g/mol. The molecule has 21 heavy (non-hydrogen) atoms. The number of carbonyl (C=O) groups excluding carboxylic acids is 1. The normalized spacial score (nSPS) is 15.0. The lowest BCUT2D eigenvalue weighted by atomic mass is 10.0. The van der Waals surface area contributed by atoms with Crippen LogP contribution in [0.15, 0.2) is 23.8 Å². The molecule has 1 aliphatic heterocycles. The third kappa shape index (κ3) is 4.06. The van der Waals surface area contributed by atoms with Gasteiger partial charge in [-0.05, 0) is 51.8 Å². The SMILES string of the molecule is CCN(CC)C(=O)N1CCC(=Cc2cccc(C)n2)CC1. The van der Waals surface area contributed by atoms with Gasteiger partial charge in [0, 0.05) is 31.9 Å². The van der Waals surface area contributed by atoms with E-state index in [1.807, 2.05) is 48.8 Å². The predicted molar refractivity (Wildman–Crippen MR) is 86.1 cm³/mol. The molecule has 0 saturated carbocycles. The Labute approximate surface area is 127 Å². The number of aromatic nitrogens is 1. The van der Waals surface area contributed by atoms with E-state index in [1.165, 1.54) is 5.57 Å². The van der Waals surface area contributed by atoms with Gasteiger partial charge < -0.3 is 9.80 Å². The van der Waals surface area contributed by atoms with Crippen molar-refractivity contribution in [2.45, 2.75) is 33.6 Å². The first kappa shape index (κ1) is 15.5. The molecule has 0 N–H and O–H groups in total. The third-order valence-corrected chi connectivity index (χ3v) is 3.97. The molecule has 2 amide bonds. The summed E-state index contributed by atoms with van der Waals surface area (Å²) in [6, 6.07) is 6.25. The topological polar surface area (TPSA) is 36.4 Å². The van der Waals surface area contributed by atoms with Crippen LogP contribution in [0.1, 0.15) is 38.1 Å². The molecule has 4 nitrogen and oxygen atoms in total. The van der Waals surface area contributed by atoms with Gasteiger partial charge in [0.25, 0.3) is 0 Å². The zero-order valence-corrected chi connectivity index (χ0v) is 13.3. The first-order valence-corrected chi connectivity index (χ1v) is 7.81. The van der Waals surface area contributed by atoms with Crippen molar-refractivity contribution in [2.24, 2.45) is 0 Å². The van der Waals surface area contributed by atoms with Crippen molar-refractivity contribution >= 4 is 12.1 Å². The molecule has 0 aliphatic carbocycles. The van der Waals surface area contributed by atoms with Crippen LogP contribution >= 0.6 is 0 Å². The van der Waals surface area contributed by atoms with Crippen LogP contribution in [0.3, 0.4) is 0 Å². The van der Waals surface area contributed by atoms with Crippen molar-refractivity contribution in [1.29, 1.82) is 0 Å². The van der Waals surface area contributed by atoms with Crippen LogP contribution in [0.2, 0.25) is 0 Å². The number of hydrogen-bond acceptors (Lipinski definition) is 2. The summed E-state index contributed by atoms with van der Waals surface area (Å²) in [5.74, 6) is 0. The molecule has 0 bridgehead atoms. The van der Waals surface area contributed by atoms with Crippen molar-refractivity contribution in [1.82, 2.24) is 14.8 Å². The molecule has 2 rings (SSSR count). The van der Waals surface area contributed by atoms with E-state index in [4.69, 9.17) is 0 Å². The van der Waals surface area contributed by atoms with Crippen LogP contribution in [0.25, 0.3) is 6.08 Å². The van der Waals surface area contributed by atoms with E-state index < -0.39 is 0 Å². The zero-order chi connectivity index (χ0) is 15.2. The second-order valence-electron chi connectivity index (χ2n) is 5.45. The highest BCUT2D eigenvalue weighted by molar-refractivity contribution is 5.74. The summed E-state index contributed by atoms with van der Waals surface area (Å²) in [5, 5.41) is 0. The summed E-state index contributed by atoms with van der Waals surface area (Å²) in [4.78, 5) is 20.7. The number of likely N-dealkylation sites (tertiary alicyclic amines) is 1. The quantitative estimate of drug-likeness (QED) is 0.855. The van der Waals surface area contributed by atoms with E-state index in [9.17, 15) is 4.79 Å². The molecular weight excluding hydrogens is 262 g/mol. The lowest BCUT2D eigenvalue weighted by Crippen LogP contribution is -2.45. The number of hydrogen-bond donors (Lipinski definition) is 0. The Hall–Kier alpha value is -1.84. The summed E-state index contributed by atoms with van der Waals surface area (Å²) in [7, 11) is 0. The lowest BCUT2D eigenvalue weighted by molar-refractivity contribution is 0.154. The number of urea groups is 1. The van der Waals surface area contributed by atoms with Crippen molar-refractivity contribution in [3.8, 4) is 0 Å². The van der Waals surface area contributed by atoms with Gasteiger partial charge in [0.15, 0.2) is 0 Å². The summed E-state index contributed by atoms with van der Waals surface area (Å²) in [6.45, 7) is 9.25. The summed E-state index contributed by atoms with van der Waals surface area (Å²) >= 11 is 0. The fourth-order valence-corrected chi connectivity index (χ4v) is 2.68. The first-order chi connectivity index (χ1) is 10.1. The first-order valence-electron chi connectivity index (χ1n) is 7.81. The largest absolute Gasteiger partial charge is 0.325 e. The van der Waals surface area contributed by atoms with Crippen molar-refractivity contribution in [3.63, 3.8) is 0 Å². The minimum atomic E-state index is 0.174. The third-order valence-electron chi connectivity index (χ3n) is 3.97. The molecule has 1 fully saturated rings. The van der Waals surface area contributed by atoms with Crippen molar-refractivity contribution < 1.29 is 4.79 Å². The molecule has 0 spiro atoms. The highest BCUT2D eigenvalue weighted by Gasteiger charge is 2.22. The molecule has 114 valence electrons. The molecule has 1 aliphatic rings. The number of nitrogens with zero attached hydrogens (tertiary/aromatic N) is 3. The van der Waals surface area contributed by atoms with E-state index in [-0.39, 0.29) is 6.03 Å². The Morgan fingerprint density at radius 3 is 2.52 bits per heavy atom. The molecule has 2 heterocycles. The van der Waals surface area contributed by atoms with Gasteiger partial charge in [-0.25, -0.2) is 4.79 Å². The fourth-order valence-electron chi connectivity index (χ4n) is 2.68. The molecule has 0 radical (unpaired) electrons. The molecular formula is C17H25N3O. The Kier molecular flexibility index (Phi) is 5.37. The minimum absolute atomic E-state index is 0.174. The summed E-state index contributed by atoms with van der Waals surface area (Å²) in [6.07, 6.45) is 4.07.